The van der Waals surface area contributed by atoms with Crippen LogP contribution >= 0.6 is 0 Å². The van der Waals surface area contributed by atoms with Crippen molar-refractivity contribution in [3.05, 3.63) is 114 Å². The third-order valence-electron chi connectivity index (χ3n) is 4.57. The molecule has 0 aliphatic carbocycles. The van der Waals surface area contributed by atoms with Gasteiger partial charge in [0, 0.05) is 0 Å². The summed E-state index contributed by atoms with van der Waals surface area (Å²) in [6, 6.07) is 14.9. The van der Waals surface area contributed by atoms with E-state index in [4.69, 9.17) is 0 Å². The molecule has 0 aromatic heterocycles. The lowest BCUT2D eigenvalue weighted by Crippen LogP contribution is -1.94. The van der Waals surface area contributed by atoms with E-state index in [9.17, 15) is 0 Å². The summed E-state index contributed by atoms with van der Waals surface area (Å²) in [6.45, 7) is 16.8. The van der Waals surface area contributed by atoms with Crippen molar-refractivity contribution in [2.24, 2.45) is 0 Å². The first kappa shape index (κ1) is 21.2. The van der Waals surface area contributed by atoms with Gasteiger partial charge in [-0.3, -0.25) is 0 Å². The summed E-state index contributed by atoms with van der Waals surface area (Å²) in [5.74, 6) is 0. The molecule has 0 fully saturated rings. The number of hydrogen-bond donors (Lipinski definition) is 0. The zero-order valence-corrected chi connectivity index (χ0v) is 17.5. The van der Waals surface area contributed by atoms with E-state index in [-0.39, 0.29) is 0 Å². The Bertz CT molecular complexity index is 957. The van der Waals surface area contributed by atoms with Crippen molar-refractivity contribution in [3.8, 4) is 11.1 Å². The maximum absolute atomic E-state index is 4.39. The lowest BCUT2D eigenvalue weighted by molar-refractivity contribution is 1.38. The van der Waals surface area contributed by atoms with Crippen molar-refractivity contribution < 1.29 is 0 Å². The predicted octanol–water partition coefficient (Wildman–Crippen LogP) is 8.51. The lowest BCUT2D eigenvalue weighted by atomic mass is 9.88. The Morgan fingerprint density at radius 2 is 1.61 bits per heavy atom. The third kappa shape index (κ3) is 5.44. The van der Waals surface area contributed by atoms with Crippen LogP contribution < -0.4 is 0 Å². The Morgan fingerprint density at radius 3 is 2.21 bits per heavy atom. The standard InChI is InChI=1S/C28H30/c1-7-9-11-16-26-20-28(25-14-12-10-13-15-25)24(8-2)19-27(26)23(6)22(5)18-17-21(3)4/h7-20H,2,6H2,1,3-5H3/b9-7-,16-11-,22-18-. The number of hydrogen-bond acceptors (Lipinski definition) is 0. The lowest BCUT2D eigenvalue weighted by Gasteiger charge is -2.16. The molecular weight excluding hydrogens is 336 g/mol. The minimum Gasteiger partial charge on any atom is -0.0984 e. The summed E-state index contributed by atoms with van der Waals surface area (Å²) in [7, 11) is 0. The Hall–Kier alpha value is -3.12. The molecule has 0 nitrogen and oxygen atoms in total. The zero-order valence-electron chi connectivity index (χ0n) is 17.5. The van der Waals surface area contributed by atoms with Gasteiger partial charge in [0.2, 0.25) is 0 Å². The molecule has 0 atom stereocenters. The van der Waals surface area contributed by atoms with Gasteiger partial charge in [0.15, 0.2) is 0 Å². The first-order chi connectivity index (χ1) is 13.5. The molecule has 2 rings (SSSR count). The number of rotatable bonds is 7. The van der Waals surface area contributed by atoms with E-state index < -0.39 is 0 Å². The molecule has 0 radical (unpaired) electrons. The van der Waals surface area contributed by atoms with Gasteiger partial charge in [0.25, 0.3) is 0 Å². The Kier molecular flexibility index (Phi) is 7.77. The molecule has 0 N–H and O–H groups in total. The molecule has 0 unspecified atom stereocenters. The zero-order chi connectivity index (χ0) is 20.5. The molecule has 142 valence electrons. The van der Waals surface area contributed by atoms with Crippen LogP contribution in [0, 0.1) is 0 Å². The van der Waals surface area contributed by atoms with Crippen LogP contribution in [0.4, 0.5) is 0 Å². The monoisotopic (exact) mass is 366 g/mol. The Labute approximate surface area is 170 Å². The van der Waals surface area contributed by atoms with Crippen LogP contribution in [0.2, 0.25) is 0 Å². The van der Waals surface area contributed by atoms with E-state index in [0.29, 0.717) is 0 Å². The largest absolute Gasteiger partial charge is 0.0984 e. The highest BCUT2D eigenvalue weighted by atomic mass is 14.2. The quantitative estimate of drug-likeness (QED) is 0.431. The molecule has 28 heavy (non-hydrogen) atoms. The maximum atomic E-state index is 4.39. The number of benzene rings is 2. The minimum atomic E-state index is 1.03. The van der Waals surface area contributed by atoms with E-state index >= 15 is 0 Å². The van der Waals surface area contributed by atoms with E-state index in [0.717, 1.165) is 27.8 Å². The van der Waals surface area contributed by atoms with Gasteiger partial charge >= 0.3 is 0 Å². The summed E-state index contributed by atoms with van der Waals surface area (Å²) in [4.78, 5) is 0. The molecule has 0 saturated heterocycles. The van der Waals surface area contributed by atoms with Gasteiger partial charge in [-0.25, -0.2) is 0 Å². The van der Waals surface area contributed by atoms with Crippen molar-refractivity contribution in [2.75, 3.05) is 0 Å². The highest BCUT2D eigenvalue weighted by molar-refractivity contribution is 5.88. The predicted molar refractivity (Wildman–Crippen MR) is 128 cm³/mol. The molecule has 2 aromatic carbocycles. The molecule has 0 heterocycles. The van der Waals surface area contributed by atoms with E-state index in [1.807, 2.05) is 31.2 Å². The van der Waals surface area contributed by atoms with Crippen LogP contribution in [0.1, 0.15) is 44.4 Å². The summed E-state index contributed by atoms with van der Waals surface area (Å²) >= 11 is 0. The van der Waals surface area contributed by atoms with Gasteiger partial charge in [-0.2, -0.15) is 0 Å². The number of allylic oxidation sites excluding steroid dienone is 8. The second-order valence-electron chi connectivity index (χ2n) is 7.05. The van der Waals surface area contributed by atoms with Gasteiger partial charge in [0.1, 0.15) is 0 Å². The molecule has 0 heteroatoms. The first-order valence-corrected chi connectivity index (χ1v) is 9.64. The molecule has 0 spiro atoms. The molecule has 0 bridgehead atoms. The topological polar surface area (TPSA) is 0 Å². The van der Waals surface area contributed by atoms with Crippen molar-refractivity contribution in [1.82, 2.24) is 0 Å². The fourth-order valence-corrected chi connectivity index (χ4v) is 2.94. The van der Waals surface area contributed by atoms with Crippen LogP contribution in [0.5, 0.6) is 0 Å². The van der Waals surface area contributed by atoms with Gasteiger partial charge in [0.05, 0.1) is 0 Å². The second-order valence-corrected chi connectivity index (χ2v) is 7.05. The maximum Gasteiger partial charge on any atom is -0.0105 e. The van der Waals surface area contributed by atoms with Crippen LogP contribution in [0.15, 0.2) is 97.1 Å². The van der Waals surface area contributed by atoms with Crippen molar-refractivity contribution >= 4 is 17.7 Å². The van der Waals surface area contributed by atoms with Crippen LogP contribution in [-0.4, -0.2) is 0 Å². The van der Waals surface area contributed by atoms with Crippen LogP contribution in [0.3, 0.4) is 0 Å². The van der Waals surface area contributed by atoms with Gasteiger partial charge < -0.3 is 0 Å². The van der Waals surface area contributed by atoms with Crippen LogP contribution in [-0.2, 0) is 0 Å². The first-order valence-electron chi connectivity index (χ1n) is 9.64. The SMILES string of the molecule is C=Cc1cc(C(=C)/C(C)=C\C=C(C)C)c(/C=C\C=C/C)cc1-c1ccccc1. The molecular formula is C28H30. The second kappa shape index (κ2) is 10.3. The highest BCUT2D eigenvalue weighted by Crippen LogP contribution is 2.33. The smallest absolute Gasteiger partial charge is 0.0105 e. The molecule has 0 amide bonds. The van der Waals surface area contributed by atoms with Crippen molar-refractivity contribution in [1.29, 1.82) is 0 Å². The summed E-state index contributed by atoms with van der Waals surface area (Å²) < 4.78 is 0. The van der Waals surface area contributed by atoms with Crippen molar-refractivity contribution in [3.63, 3.8) is 0 Å². The molecule has 0 aliphatic heterocycles. The average molecular weight is 367 g/mol. The molecule has 0 saturated carbocycles. The van der Waals surface area contributed by atoms with E-state index in [1.54, 1.807) is 0 Å². The summed E-state index contributed by atoms with van der Waals surface area (Å²) in [6.07, 6.45) is 14.5. The third-order valence-corrected chi connectivity index (χ3v) is 4.57. The van der Waals surface area contributed by atoms with Gasteiger partial charge in [-0.1, -0.05) is 91.6 Å². The minimum absolute atomic E-state index is 1.03. The fourth-order valence-electron chi connectivity index (χ4n) is 2.94. The van der Waals surface area contributed by atoms with Crippen molar-refractivity contribution in [2.45, 2.75) is 27.7 Å². The summed E-state index contributed by atoms with van der Waals surface area (Å²) in [5.41, 5.74) is 9.21. The van der Waals surface area contributed by atoms with Gasteiger partial charge in [-0.15, -0.1) is 0 Å². The van der Waals surface area contributed by atoms with Gasteiger partial charge in [-0.05, 0) is 78.8 Å². The average Bonchev–Trinajstić information content (AvgIpc) is 2.71. The Morgan fingerprint density at radius 1 is 0.893 bits per heavy atom. The molecule has 2 aromatic rings. The Balaban J connectivity index is 2.67. The molecule has 0 aliphatic rings. The van der Waals surface area contributed by atoms with E-state index in [2.05, 4.69) is 94.6 Å². The highest BCUT2D eigenvalue weighted by Gasteiger charge is 2.11. The summed E-state index contributed by atoms with van der Waals surface area (Å²) in [5, 5.41) is 0. The van der Waals surface area contributed by atoms with E-state index in [1.165, 1.54) is 16.7 Å². The normalized spacial score (nSPS) is 11.8. The van der Waals surface area contributed by atoms with Crippen LogP contribution in [0.25, 0.3) is 28.9 Å². The fraction of sp³-hybridized carbons (Fsp3) is 0.143.